The Morgan fingerprint density at radius 3 is 3.17 bits per heavy atom. The molecule has 0 radical (unpaired) electrons. The Morgan fingerprint density at radius 1 is 1.67 bits per heavy atom. The average molecular weight is 251 g/mol. The number of aromatic nitrogens is 1. The van der Waals surface area contributed by atoms with Crippen LogP contribution in [0.2, 0.25) is 0 Å². The molecule has 0 saturated carbocycles. The van der Waals surface area contributed by atoms with E-state index in [4.69, 9.17) is 4.52 Å². The maximum atomic E-state index is 12.4. The molecule has 1 aromatic heterocycles. The molecule has 2 rings (SSSR count). The lowest BCUT2D eigenvalue weighted by molar-refractivity contribution is -0.132. The first-order valence-corrected chi connectivity index (χ1v) is 6.65. The van der Waals surface area contributed by atoms with Gasteiger partial charge in [-0.05, 0) is 25.8 Å². The lowest BCUT2D eigenvalue weighted by Crippen LogP contribution is -2.50. The second-order valence-corrected chi connectivity index (χ2v) is 4.98. The average Bonchev–Trinajstić information content (AvgIpc) is 2.90. The lowest BCUT2D eigenvalue weighted by atomic mass is 9.76. The van der Waals surface area contributed by atoms with Gasteiger partial charge >= 0.3 is 0 Å². The normalized spacial score (nSPS) is 23.8. The van der Waals surface area contributed by atoms with Gasteiger partial charge < -0.3 is 15.2 Å². The van der Waals surface area contributed by atoms with E-state index >= 15 is 0 Å². The van der Waals surface area contributed by atoms with Crippen LogP contribution in [0, 0.1) is 5.41 Å². The molecule has 1 aliphatic heterocycles. The predicted octanol–water partition coefficient (Wildman–Crippen LogP) is 1.46. The van der Waals surface area contributed by atoms with Crippen LogP contribution in [0.3, 0.4) is 0 Å². The van der Waals surface area contributed by atoms with Gasteiger partial charge in [-0.15, -0.1) is 0 Å². The minimum Gasteiger partial charge on any atom is -0.364 e. The molecule has 1 amide bonds. The van der Waals surface area contributed by atoms with Crippen LogP contribution in [-0.4, -0.2) is 24.2 Å². The van der Waals surface area contributed by atoms with Crippen LogP contribution in [0.4, 0.5) is 0 Å². The molecule has 100 valence electrons. The van der Waals surface area contributed by atoms with Gasteiger partial charge in [-0.2, -0.15) is 0 Å². The Bertz CT molecular complexity index is 364. The second kappa shape index (κ2) is 6.00. The van der Waals surface area contributed by atoms with Gasteiger partial charge in [0.25, 0.3) is 0 Å². The van der Waals surface area contributed by atoms with Crippen molar-refractivity contribution >= 4 is 5.91 Å². The standard InChI is InChI=1S/C13H21N3O2/c1-2-5-13(6-3-7-14-10-13)12(17)15-9-11-4-8-18-16-11/h4,8,14H,2-3,5-7,9-10H2,1H3,(H,15,17). The summed E-state index contributed by atoms with van der Waals surface area (Å²) < 4.78 is 4.75. The molecule has 18 heavy (non-hydrogen) atoms. The first-order valence-electron chi connectivity index (χ1n) is 6.65. The van der Waals surface area contributed by atoms with Crippen molar-refractivity contribution in [2.75, 3.05) is 13.1 Å². The topological polar surface area (TPSA) is 67.2 Å². The van der Waals surface area contributed by atoms with Crippen LogP contribution in [0.15, 0.2) is 16.9 Å². The third kappa shape index (κ3) is 2.90. The van der Waals surface area contributed by atoms with E-state index in [1.54, 1.807) is 6.07 Å². The minimum atomic E-state index is -0.239. The maximum absolute atomic E-state index is 12.4. The fraction of sp³-hybridized carbons (Fsp3) is 0.692. The van der Waals surface area contributed by atoms with Crippen LogP contribution in [0.5, 0.6) is 0 Å². The summed E-state index contributed by atoms with van der Waals surface area (Å²) in [5.41, 5.74) is 0.523. The summed E-state index contributed by atoms with van der Waals surface area (Å²) in [6.07, 6.45) is 5.52. The molecule has 2 N–H and O–H groups in total. The van der Waals surface area contributed by atoms with E-state index in [-0.39, 0.29) is 11.3 Å². The van der Waals surface area contributed by atoms with Gasteiger partial charge in [0.1, 0.15) is 12.0 Å². The molecular formula is C13H21N3O2. The van der Waals surface area contributed by atoms with Crippen molar-refractivity contribution in [2.24, 2.45) is 5.41 Å². The van der Waals surface area contributed by atoms with E-state index in [2.05, 4.69) is 22.7 Å². The maximum Gasteiger partial charge on any atom is 0.227 e. The molecule has 0 aromatic carbocycles. The van der Waals surface area contributed by atoms with Crippen molar-refractivity contribution in [1.82, 2.24) is 15.8 Å². The molecule has 5 heteroatoms. The zero-order valence-corrected chi connectivity index (χ0v) is 10.9. The SMILES string of the molecule is CCCC1(C(=O)NCc2ccon2)CCCNC1. The Kier molecular flexibility index (Phi) is 4.36. The zero-order valence-electron chi connectivity index (χ0n) is 10.9. The van der Waals surface area contributed by atoms with Gasteiger partial charge in [-0.25, -0.2) is 0 Å². The summed E-state index contributed by atoms with van der Waals surface area (Å²) in [6, 6.07) is 1.77. The Hall–Kier alpha value is -1.36. The third-order valence-corrected chi connectivity index (χ3v) is 3.60. The number of hydrogen-bond acceptors (Lipinski definition) is 4. The highest BCUT2D eigenvalue weighted by atomic mass is 16.5. The highest BCUT2D eigenvalue weighted by Crippen LogP contribution is 2.31. The van der Waals surface area contributed by atoms with Gasteiger partial charge in [-0.3, -0.25) is 4.79 Å². The Balaban J connectivity index is 1.95. The summed E-state index contributed by atoms with van der Waals surface area (Å²) in [5.74, 6) is 0.138. The Labute approximate surface area is 107 Å². The van der Waals surface area contributed by atoms with Crippen LogP contribution in [0.1, 0.15) is 38.3 Å². The van der Waals surface area contributed by atoms with E-state index < -0.39 is 0 Å². The molecular weight excluding hydrogens is 230 g/mol. The molecule has 0 aliphatic carbocycles. The highest BCUT2D eigenvalue weighted by Gasteiger charge is 2.38. The molecule has 5 nitrogen and oxygen atoms in total. The molecule has 0 spiro atoms. The van der Waals surface area contributed by atoms with Crippen molar-refractivity contribution in [3.8, 4) is 0 Å². The summed E-state index contributed by atoms with van der Waals surface area (Å²) in [5, 5.41) is 10.1. The van der Waals surface area contributed by atoms with E-state index in [0.717, 1.165) is 44.5 Å². The predicted molar refractivity (Wildman–Crippen MR) is 67.8 cm³/mol. The van der Waals surface area contributed by atoms with E-state index in [0.29, 0.717) is 6.54 Å². The molecule has 1 aliphatic rings. The molecule has 1 atom stereocenters. The summed E-state index contributed by atoms with van der Waals surface area (Å²) >= 11 is 0. The number of carbonyl (C=O) groups is 1. The van der Waals surface area contributed by atoms with Crippen molar-refractivity contribution in [1.29, 1.82) is 0 Å². The number of amides is 1. The molecule has 1 saturated heterocycles. The quantitative estimate of drug-likeness (QED) is 0.831. The molecule has 1 aromatic rings. The van der Waals surface area contributed by atoms with Gasteiger partial charge in [0.2, 0.25) is 5.91 Å². The van der Waals surface area contributed by atoms with Crippen molar-refractivity contribution < 1.29 is 9.32 Å². The smallest absolute Gasteiger partial charge is 0.227 e. The second-order valence-electron chi connectivity index (χ2n) is 4.98. The third-order valence-electron chi connectivity index (χ3n) is 3.60. The number of nitrogens with one attached hydrogen (secondary N) is 2. The van der Waals surface area contributed by atoms with Crippen LogP contribution < -0.4 is 10.6 Å². The van der Waals surface area contributed by atoms with E-state index in [1.807, 2.05) is 0 Å². The summed E-state index contributed by atoms with van der Waals surface area (Å²) in [6.45, 7) is 4.37. The summed E-state index contributed by atoms with van der Waals surface area (Å²) in [7, 11) is 0. The van der Waals surface area contributed by atoms with E-state index in [9.17, 15) is 4.79 Å². The van der Waals surface area contributed by atoms with Crippen LogP contribution >= 0.6 is 0 Å². The lowest BCUT2D eigenvalue weighted by Gasteiger charge is -2.36. The van der Waals surface area contributed by atoms with Crippen LogP contribution in [-0.2, 0) is 11.3 Å². The monoisotopic (exact) mass is 251 g/mol. The van der Waals surface area contributed by atoms with Gasteiger partial charge in [-0.1, -0.05) is 18.5 Å². The van der Waals surface area contributed by atoms with Gasteiger partial charge in [0.05, 0.1) is 12.0 Å². The van der Waals surface area contributed by atoms with Crippen LogP contribution in [0.25, 0.3) is 0 Å². The largest absolute Gasteiger partial charge is 0.364 e. The minimum absolute atomic E-state index is 0.138. The first kappa shape index (κ1) is 13.1. The molecule has 2 heterocycles. The van der Waals surface area contributed by atoms with E-state index in [1.165, 1.54) is 6.26 Å². The van der Waals surface area contributed by atoms with Gasteiger partial charge in [0, 0.05) is 12.6 Å². The van der Waals surface area contributed by atoms with Crippen molar-refractivity contribution in [2.45, 2.75) is 39.2 Å². The fourth-order valence-corrected chi connectivity index (χ4v) is 2.65. The molecule has 1 fully saturated rings. The number of piperidine rings is 1. The summed E-state index contributed by atoms with van der Waals surface area (Å²) in [4.78, 5) is 12.4. The number of rotatable bonds is 5. The molecule has 1 unspecified atom stereocenters. The van der Waals surface area contributed by atoms with Gasteiger partial charge in [0.15, 0.2) is 0 Å². The number of hydrogen-bond donors (Lipinski definition) is 2. The number of nitrogens with zero attached hydrogens (tertiary/aromatic N) is 1. The zero-order chi connectivity index (χ0) is 12.8. The first-order chi connectivity index (χ1) is 8.77. The molecule has 0 bridgehead atoms. The number of carbonyl (C=O) groups excluding carboxylic acids is 1. The van der Waals surface area contributed by atoms with Crippen molar-refractivity contribution in [3.63, 3.8) is 0 Å². The highest BCUT2D eigenvalue weighted by molar-refractivity contribution is 5.83. The van der Waals surface area contributed by atoms with Crippen molar-refractivity contribution in [3.05, 3.63) is 18.0 Å². The Morgan fingerprint density at radius 2 is 2.56 bits per heavy atom. The fourth-order valence-electron chi connectivity index (χ4n) is 2.65.